The molecule has 144 valence electrons. The fraction of sp³-hybridized carbons (Fsp3) is 0.381. The average molecular weight is 369 g/mol. The molecule has 0 radical (unpaired) electrons. The number of nitrogens with one attached hydrogen (secondary N) is 2. The highest BCUT2D eigenvalue weighted by Gasteiger charge is 2.11. The van der Waals surface area contributed by atoms with Crippen LogP contribution in [0.1, 0.15) is 52.6 Å². The van der Waals surface area contributed by atoms with Crippen LogP contribution in [-0.2, 0) is 6.42 Å². The largest absolute Gasteiger partial charge is 0.497 e. The maximum absolute atomic E-state index is 12.3. The Morgan fingerprint density at radius 2 is 1.74 bits per heavy atom. The van der Waals surface area contributed by atoms with Crippen molar-refractivity contribution >= 4 is 11.8 Å². The minimum Gasteiger partial charge on any atom is -0.497 e. The summed E-state index contributed by atoms with van der Waals surface area (Å²) in [7, 11) is 1.63. The van der Waals surface area contributed by atoms with E-state index >= 15 is 0 Å². The monoisotopic (exact) mass is 369 g/mol. The lowest BCUT2D eigenvalue weighted by Gasteiger charge is -2.08. The molecule has 6 nitrogen and oxygen atoms in total. The fourth-order valence-electron chi connectivity index (χ4n) is 2.58. The fourth-order valence-corrected chi connectivity index (χ4v) is 2.58. The maximum Gasteiger partial charge on any atom is 0.269 e. The lowest BCUT2D eigenvalue weighted by Crippen LogP contribution is -2.28. The van der Waals surface area contributed by atoms with Crippen LogP contribution < -0.4 is 15.4 Å². The number of benzene rings is 1. The summed E-state index contributed by atoms with van der Waals surface area (Å²) in [5, 5.41) is 5.70. The van der Waals surface area contributed by atoms with Gasteiger partial charge in [0.15, 0.2) is 0 Å². The Kier molecular flexibility index (Phi) is 8.29. The first-order valence-electron chi connectivity index (χ1n) is 9.29. The van der Waals surface area contributed by atoms with Crippen LogP contribution in [0.25, 0.3) is 0 Å². The van der Waals surface area contributed by atoms with Crippen molar-refractivity contribution in [3.05, 3.63) is 59.4 Å². The molecule has 2 aromatic rings. The molecular formula is C21H27N3O3. The Morgan fingerprint density at radius 3 is 2.44 bits per heavy atom. The van der Waals surface area contributed by atoms with Crippen LogP contribution in [-0.4, -0.2) is 37.0 Å². The summed E-state index contributed by atoms with van der Waals surface area (Å²) in [5.41, 5.74) is 1.80. The number of methoxy groups -OCH3 is 1. The maximum atomic E-state index is 12.3. The highest BCUT2D eigenvalue weighted by molar-refractivity contribution is 5.98. The number of ether oxygens (including phenoxy) is 1. The van der Waals surface area contributed by atoms with Crippen molar-refractivity contribution in [1.82, 2.24) is 15.6 Å². The number of aromatic nitrogens is 1. The standard InChI is InChI=1S/C21H27N3O3/c1-3-4-5-12-23-21(26)19-15-17(11-14-22-19)20(25)24-13-10-16-6-8-18(27-2)9-7-16/h6-9,11,14-15H,3-5,10,12-13H2,1-2H3,(H,23,26)(H,24,25). The molecular weight excluding hydrogens is 342 g/mol. The van der Waals surface area contributed by atoms with Crippen LogP contribution in [0, 0.1) is 0 Å². The van der Waals surface area contributed by atoms with E-state index in [1.165, 1.54) is 12.3 Å². The number of carbonyl (C=O) groups excluding carboxylic acids is 2. The number of hydrogen-bond donors (Lipinski definition) is 2. The third-order valence-corrected chi connectivity index (χ3v) is 4.18. The second-order valence-corrected chi connectivity index (χ2v) is 6.25. The summed E-state index contributed by atoms with van der Waals surface area (Å²) < 4.78 is 5.13. The molecule has 1 aromatic heterocycles. The van der Waals surface area contributed by atoms with Gasteiger partial charge in [-0.3, -0.25) is 14.6 Å². The molecule has 0 aliphatic heterocycles. The van der Waals surface area contributed by atoms with Gasteiger partial charge in [0.1, 0.15) is 11.4 Å². The third-order valence-electron chi connectivity index (χ3n) is 4.18. The molecule has 0 fully saturated rings. The van der Waals surface area contributed by atoms with Gasteiger partial charge >= 0.3 is 0 Å². The van der Waals surface area contributed by atoms with Crippen LogP contribution in [0.3, 0.4) is 0 Å². The minimum absolute atomic E-state index is 0.217. The molecule has 0 saturated carbocycles. The summed E-state index contributed by atoms with van der Waals surface area (Å²) in [6.45, 7) is 3.23. The molecule has 6 heteroatoms. The number of nitrogens with zero attached hydrogens (tertiary/aromatic N) is 1. The molecule has 0 bridgehead atoms. The number of hydrogen-bond acceptors (Lipinski definition) is 4. The first-order chi connectivity index (χ1) is 13.1. The van der Waals surface area contributed by atoms with Crippen molar-refractivity contribution in [2.24, 2.45) is 0 Å². The van der Waals surface area contributed by atoms with Crippen LogP contribution in [0.5, 0.6) is 5.75 Å². The summed E-state index contributed by atoms with van der Waals surface area (Å²) in [5.74, 6) is 0.338. The topological polar surface area (TPSA) is 80.3 Å². The van der Waals surface area contributed by atoms with E-state index in [-0.39, 0.29) is 17.5 Å². The molecule has 1 aromatic carbocycles. The molecule has 0 aliphatic rings. The number of unbranched alkanes of at least 4 members (excludes halogenated alkanes) is 2. The Hall–Kier alpha value is -2.89. The third kappa shape index (κ3) is 6.73. The quantitative estimate of drug-likeness (QED) is 0.631. The van der Waals surface area contributed by atoms with E-state index in [0.717, 1.165) is 30.6 Å². The number of rotatable bonds is 10. The SMILES string of the molecule is CCCCCNC(=O)c1cc(C(=O)NCCc2ccc(OC)cc2)ccn1. The van der Waals surface area contributed by atoms with E-state index in [1.54, 1.807) is 13.2 Å². The van der Waals surface area contributed by atoms with Crippen LogP contribution in [0.4, 0.5) is 0 Å². The Morgan fingerprint density at radius 1 is 1.00 bits per heavy atom. The van der Waals surface area contributed by atoms with Crippen LogP contribution in [0.2, 0.25) is 0 Å². The lowest BCUT2D eigenvalue weighted by atomic mass is 10.1. The normalized spacial score (nSPS) is 10.3. The van der Waals surface area contributed by atoms with E-state index in [0.29, 0.717) is 25.1 Å². The van der Waals surface area contributed by atoms with Gasteiger partial charge in [-0.1, -0.05) is 31.9 Å². The second kappa shape index (κ2) is 11.0. The van der Waals surface area contributed by atoms with E-state index in [9.17, 15) is 9.59 Å². The van der Waals surface area contributed by atoms with Crippen molar-refractivity contribution in [3.63, 3.8) is 0 Å². The van der Waals surface area contributed by atoms with Gasteiger partial charge in [-0.05, 0) is 42.7 Å². The van der Waals surface area contributed by atoms with Gasteiger partial charge in [-0.2, -0.15) is 0 Å². The van der Waals surface area contributed by atoms with Crippen molar-refractivity contribution in [2.75, 3.05) is 20.2 Å². The Balaban J connectivity index is 1.83. The van der Waals surface area contributed by atoms with E-state index in [4.69, 9.17) is 4.74 Å². The van der Waals surface area contributed by atoms with Gasteiger partial charge in [0.25, 0.3) is 11.8 Å². The molecule has 1 heterocycles. The summed E-state index contributed by atoms with van der Waals surface area (Å²) in [6, 6.07) is 10.9. The van der Waals surface area contributed by atoms with E-state index in [2.05, 4.69) is 22.5 Å². The highest BCUT2D eigenvalue weighted by atomic mass is 16.5. The summed E-state index contributed by atoms with van der Waals surface area (Å²) >= 11 is 0. The van der Waals surface area contributed by atoms with E-state index < -0.39 is 0 Å². The minimum atomic E-state index is -0.251. The zero-order valence-corrected chi connectivity index (χ0v) is 16.0. The van der Waals surface area contributed by atoms with E-state index in [1.807, 2.05) is 24.3 Å². The first-order valence-corrected chi connectivity index (χ1v) is 9.29. The summed E-state index contributed by atoms with van der Waals surface area (Å²) in [4.78, 5) is 28.5. The molecule has 2 N–H and O–H groups in total. The number of carbonyl (C=O) groups is 2. The van der Waals surface area contributed by atoms with Gasteiger partial charge in [0, 0.05) is 24.8 Å². The lowest BCUT2D eigenvalue weighted by molar-refractivity contribution is 0.0948. The molecule has 0 aliphatic carbocycles. The van der Waals surface area contributed by atoms with Gasteiger partial charge in [-0.25, -0.2) is 0 Å². The molecule has 0 spiro atoms. The van der Waals surface area contributed by atoms with Gasteiger partial charge in [-0.15, -0.1) is 0 Å². The average Bonchev–Trinajstić information content (AvgIpc) is 2.71. The van der Waals surface area contributed by atoms with Crippen molar-refractivity contribution in [3.8, 4) is 5.75 Å². The zero-order valence-electron chi connectivity index (χ0n) is 16.0. The second-order valence-electron chi connectivity index (χ2n) is 6.25. The highest BCUT2D eigenvalue weighted by Crippen LogP contribution is 2.11. The van der Waals surface area contributed by atoms with Gasteiger partial charge in [0.2, 0.25) is 0 Å². The molecule has 0 atom stereocenters. The molecule has 2 rings (SSSR count). The smallest absolute Gasteiger partial charge is 0.269 e. The molecule has 27 heavy (non-hydrogen) atoms. The van der Waals surface area contributed by atoms with Crippen molar-refractivity contribution < 1.29 is 14.3 Å². The Bertz CT molecular complexity index is 745. The summed E-state index contributed by atoms with van der Waals surface area (Å²) in [6.07, 6.45) is 5.31. The predicted molar refractivity (Wildman–Crippen MR) is 105 cm³/mol. The van der Waals surface area contributed by atoms with Gasteiger partial charge < -0.3 is 15.4 Å². The van der Waals surface area contributed by atoms with Crippen LogP contribution in [0.15, 0.2) is 42.6 Å². The molecule has 0 saturated heterocycles. The first kappa shape index (κ1) is 20.4. The Labute approximate surface area is 160 Å². The zero-order chi connectivity index (χ0) is 19.5. The van der Waals surface area contributed by atoms with Crippen molar-refractivity contribution in [2.45, 2.75) is 32.6 Å². The van der Waals surface area contributed by atoms with Crippen molar-refractivity contribution in [1.29, 1.82) is 0 Å². The molecule has 2 amide bonds. The molecule has 0 unspecified atom stereocenters. The number of amides is 2. The number of pyridine rings is 1. The van der Waals surface area contributed by atoms with Crippen LogP contribution >= 0.6 is 0 Å². The predicted octanol–water partition coefficient (Wildman–Crippen LogP) is 2.98. The van der Waals surface area contributed by atoms with Gasteiger partial charge in [0.05, 0.1) is 7.11 Å².